The van der Waals surface area contributed by atoms with E-state index in [1.807, 2.05) is 6.07 Å². The van der Waals surface area contributed by atoms with Crippen molar-refractivity contribution in [3.05, 3.63) is 23.8 Å². The zero-order valence-electron chi connectivity index (χ0n) is 11.2. The summed E-state index contributed by atoms with van der Waals surface area (Å²) in [5, 5.41) is 9.55. The lowest BCUT2D eigenvalue weighted by atomic mass is 10.1. The zero-order valence-corrected chi connectivity index (χ0v) is 12.0. The van der Waals surface area contributed by atoms with Crippen molar-refractivity contribution in [1.82, 2.24) is 4.98 Å². The fourth-order valence-corrected chi connectivity index (χ4v) is 2.92. The van der Waals surface area contributed by atoms with E-state index in [0.29, 0.717) is 0 Å². The van der Waals surface area contributed by atoms with Gasteiger partial charge >= 0.3 is 5.97 Å². The van der Waals surface area contributed by atoms with Gasteiger partial charge in [0.15, 0.2) is 5.13 Å². The van der Waals surface area contributed by atoms with Crippen LogP contribution in [0.1, 0.15) is 25.3 Å². The highest BCUT2D eigenvalue weighted by atomic mass is 32.1. The third kappa shape index (κ3) is 3.44. The standard InChI is InChI=1S/C14H18N2O2S/c1-3-4-5-10-6-7-11-12(8-10)19-14(15-11)16(2)9-13(17)18/h6-8H,3-5,9H2,1-2H3,(H,17,18). The Morgan fingerprint density at radius 1 is 1.47 bits per heavy atom. The number of thiazole rings is 1. The molecule has 0 bridgehead atoms. The Morgan fingerprint density at radius 3 is 2.95 bits per heavy atom. The zero-order chi connectivity index (χ0) is 13.8. The summed E-state index contributed by atoms with van der Waals surface area (Å²) in [5.74, 6) is -0.842. The number of hydrogen-bond acceptors (Lipinski definition) is 4. The number of benzene rings is 1. The van der Waals surface area contributed by atoms with Gasteiger partial charge in [-0.05, 0) is 30.5 Å². The van der Waals surface area contributed by atoms with E-state index in [0.717, 1.165) is 21.8 Å². The molecule has 0 atom stereocenters. The Bertz CT molecular complexity index is 580. The summed E-state index contributed by atoms with van der Waals surface area (Å²) in [6.45, 7) is 2.16. The Balaban J connectivity index is 2.22. The minimum atomic E-state index is -0.842. The number of anilines is 1. The molecule has 0 aliphatic rings. The average molecular weight is 278 g/mol. The Hall–Kier alpha value is -1.62. The molecule has 1 N–H and O–H groups in total. The number of fused-ring (bicyclic) bond motifs is 1. The van der Waals surface area contributed by atoms with Crippen LogP contribution in [0.4, 0.5) is 5.13 Å². The highest BCUT2D eigenvalue weighted by Crippen LogP contribution is 2.29. The molecule has 0 unspecified atom stereocenters. The van der Waals surface area contributed by atoms with Crippen LogP contribution < -0.4 is 4.90 Å². The fourth-order valence-electron chi connectivity index (χ4n) is 1.93. The first-order valence-electron chi connectivity index (χ1n) is 6.42. The second-order valence-corrected chi connectivity index (χ2v) is 5.66. The van der Waals surface area contributed by atoms with Crippen LogP contribution in [0.5, 0.6) is 0 Å². The van der Waals surface area contributed by atoms with E-state index in [4.69, 9.17) is 5.11 Å². The normalized spacial score (nSPS) is 10.8. The van der Waals surface area contributed by atoms with Crippen molar-refractivity contribution in [3.8, 4) is 0 Å². The van der Waals surface area contributed by atoms with Gasteiger partial charge in [-0.25, -0.2) is 4.98 Å². The Morgan fingerprint density at radius 2 is 2.26 bits per heavy atom. The summed E-state index contributed by atoms with van der Waals surface area (Å²) in [5.41, 5.74) is 2.27. The van der Waals surface area contributed by atoms with E-state index in [-0.39, 0.29) is 6.54 Å². The molecule has 1 aromatic carbocycles. The topological polar surface area (TPSA) is 53.4 Å². The first kappa shape index (κ1) is 13.8. The second-order valence-electron chi connectivity index (χ2n) is 4.65. The SMILES string of the molecule is CCCCc1ccc2nc(N(C)CC(=O)O)sc2c1. The number of aliphatic carboxylic acids is 1. The summed E-state index contributed by atoms with van der Waals surface area (Å²) < 4.78 is 1.13. The number of carboxylic acids is 1. The number of likely N-dealkylation sites (N-methyl/N-ethyl adjacent to an activating group) is 1. The van der Waals surface area contributed by atoms with E-state index in [1.165, 1.54) is 18.4 Å². The van der Waals surface area contributed by atoms with Crippen LogP contribution in [-0.4, -0.2) is 29.7 Å². The molecule has 0 saturated carbocycles. The predicted molar refractivity (Wildman–Crippen MR) is 79.1 cm³/mol. The van der Waals surface area contributed by atoms with Gasteiger partial charge in [0.2, 0.25) is 0 Å². The van der Waals surface area contributed by atoms with Crippen LogP contribution >= 0.6 is 11.3 Å². The van der Waals surface area contributed by atoms with Gasteiger partial charge in [-0.2, -0.15) is 0 Å². The van der Waals surface area contributed by atoms with E-state index >= 15 is 0 Å². The second kappa shape index (κ2) is 6.02. The highest BCUT2D eigenvalue weighted by Gasteiger charge is 2.11. The van der Waals surface area contributed by atoms with E-state index in [2.05, 4.69) is 24.0 Å². The maximum atomic E-state index is 10.7. The van der Waals surface area contributed by atoms with Crippen LogP contribution in [0.25, 0.3) is 10.2 Å². The number of aromatic nitrogens is 1. The minimum Gasteiger partial charge on any atom is -0.480 e. The monoisotopic (exact) mass is 278 g/mol. The Kier molecular flexibility index (Phi) is 4.37. The number of unbranched alkanes of at least 4 members (excludes halogenated alkanes) is 1. The van der Waals surface area contributed by atoms with Crippen molar-refractivity contribution in [3.63, 3.8) is 0 Å². The summed E-state index contributed by atoms with van der Waals surface area (Å²) in [7, 11) is 1.75. The molecule has 4 nitrogen and oxygen atoms in total. The van der Waals surface area contributed by atoms with Crippen LogP contribution in [0.15, 0.2) is 18.2 Å². The third-order valence-electron chi connectivity index (χ3n) is 2.96. The number of hydrogen-bond donors (Lipinski definition) is 1. The molecule has 2 aromatic rings. The molecule has 0 radical (unpaired) electrons. The van der Waals surface area contributed by atoms with Crippen molar-refractivity contribution >= 4 is 32.7 Å². The van der Waals surface area contributed by atoms with Gasteiger partial charge in [0.25, 0.3) is 0 Å². The summed E-state index contributed by atoms with van der Waals surface area (Å²) in [4.78, 5) is 16.8. The summed E-state index contributed by atoms with van der Waals surface area (Å²) >= 11 is 1.55. The van der Waals surface area contributed by atoms with Gasteiger partial charge < -0.3 is 10.0 Å². The molecular weight excluding hydrogens is 260 g/mol. The van der Waals surface area contributed by atoms with E-state index in [9.17, 15) is 4.79 Å². The largest absolute Gasteiger partial charge is 0.480 e. The molecule has 0 aliphatic carbocycles. The summed E-state index contributed by atoms with van der Waals surface area (Å²) in [6, 6.07) is 6.30. The van der Waals surface area contributed by atoms with Crippen molar-refractivity contribution in [2.75, 3.05) is 18.5 Å². The molecule has 19 heavy (non-hydrogen) atoms. The van der Waals surface area contributed by atoms with Crippen LogP contribution in [-0.2, 0) is 11.2 Å². The van der Waals surface area contributed by atoms with Gasteiger partial charge in [-0.1, -0.05) is 30.7 Å². The van der Waals surface area contributed by atoms with Crippen molar-refractivity contribution < 1.29 is 9.90 Å². The van der Waals surface area contributed by atoms with Gasteiger partial charge in [-0.15, -0.1) is 0 Å². The minimum absolute atomic E-state index is 0.0253. The molecule has 0 saturated heterocycles. The molecule has 2 rings (SSSR count). The number of aryl methyl sites for hydroxylation is 1. The molecule has 1 aromatic heterocycles. The fraction of sp³-hybridized carbons (Fsp3) is 0.429. The third-order valence-corrected chi connectivity index (χ3v) is 4.09. The lowest BCUT2D eigenvalue weighted by molar-refractivity contribution is -0.135. The van der Waals surface area contributed by atoms with Crippen LogP contribution in [0.3, 0.4) is 0 Å². The number of nitrogens with zero attached hydrogens (tertiary/aromatic N) is 2. The van der Waals surface area contributed by atoms with Crippen LogP contribution in [0.2, 0.25) is 0 Å². The quantitative estimate of drug-likeness (QED) is 0.882. The van der Waals surface area contributed by atoms with Gasteiger partial charge in [0, 0.05) is 7.05 Å². The molecule has 1 heterocycles. The summed E-state index contributed by atoms with van der Waals surface area (Å²) in [6.07, 6.45) is 3.47. The molecule has 0 aliphatic heterocycles. The number of rotatable bonds is 6. The van der Waals surface area contributed by atoms with Crippen molar-refractivity contribution in [1.29, 1.82) is 0 Å². The lowest BCUT2D eigenvalue weighted by Gasteiger charge is -2.11. The number of carboxylic acid groups (broad SMARTS) is 1. The molecule has 0 amide bonds. The molecular formula is C14H18N2O2S. The van der Waals surface area contributed by atoms with Crippen molar-refractivity contribution in [2.24, 2.45) is 0 Å². The average Bonchev–Trinajstić information content (AvgIpc) is 2.78. The van der Waals surface area contributed by atoms with Gasteiger partial charge in [-0.3, -0.25) is 4.79 Å². The first-order chi connectivity index (χ1) is 9.10. The molecule has 5 heteroatoms. The van der Waals surface area contributed by atoms with Gasteiger partial charge in [0.05, 0.1) is 10.2 Å². The van der Waals surface area contributed by atoms with Crippen molar-refractivity contribution in [2.45, 2.75) is 26.2 Å². The molecule has 0 fully saturated rings. The Labute approximate surface area is 116 Å². The maximum absolute atomic E-state index is 10.7. The number of carbonyl (C=O) groups is 1. The highest BCUT2D eigenvalue weighted by molar-refractivity contribution is 7.22. The molecule has 102 valence electrons. The van der Waals surface area contributed by atoms with E-state index < -0.39 is 5.97 Å². The van der Waals surface area contributed by atoms with Crippen LogP contribution in [0, 0.1) is 0 Å². The maximum Gasteiger partial charge on any atom is 0.323 e. The van der Waals surface area contributed by atoms with E-state index in [1.54, 1.807) is 23.3 Å². The lowest BCUT2D eigenvalue weighted by Crippen LogP contribution is -2.24. The smallest absolute Gasteiger partial charge is 0.323 e. The van der Waals surface area contributed by atoms with Gasteiger partial charge in [0.1, 0.15) is 6.54 Å². The first-order valence-corrected chi connectivity index (χ1v) is 7.24. The molecule has 0 spiro atoms. The predicted octanol–water partition coefficient (Wildman–Crippen LogP) is 3.16.